The molecule has 0 bridgehead atoms. The number of hydrogen-bond acceptors (Lipinski definition) is 6. The molecule has 0 aliphatic carbocycles. The van der Waals surface area contributed by atoms with Crippen LogP contribution in [0.1, 0.15) is 69.2 Å². The Morgan fingerprint density at radius 3 is 0.519 bits per heavy atom. The summed E-state index contributed by atoms with van der Waals surface area (Å²) in [6.45, 7) is 31.9. The molecule has 0 heterocycles. The maximum atomic E-state index is 8.08. The van der Waals surface area contributed by atoms with Gasteiger partial charge in [-0.05, 0) is 58.9 Å². The second kappa shape index (κ2) is 26.2. The van der Waals surface area contributed by atoms with Crippen LogP contribution in [0.25, 0.3) is 0 Å². The Labute approximate surface area is 172 Å². The summed E-state index contributed by atoms with van der Waals surface area (Å²) in [6, 6.07) is 0. The average Bonchev–Trinajstić information content (AvgIpc) is 2.67. The van der Waals surface area contributed by atoms with Crippen LogP contribution >= 0.6 is 7.94 Å². The Kier molecular flexibility index (Phi) is 33.6. The predicted octanol–water partition coefficient (Wildman–Crippen LogP) is 3.52. The standard InChI is InChI=1S/3C6H15N.C2H9O3P/c3*1-4-7(5-2)6-3;1-2-6(3,4)5/h3*4-6H2,1-3H3;3-6H,2H2,1H3. The number of hydrogen-bond donors (Lipinski definition) is 3. The van der Waals surface area contributed by atoms with E-state index >= 15 is 0 Å². The van der Waals surface area contributed by atoms with Crippen molar-refractivity contribution < 1.29 is 14.7 Å². The third-order valence-electron chi connectivity index (χ3n) is 4.50. The van der Waals surface area contributed by atoms with Crippen LogP contribution in [0.4, 0.5) is 0 Å². The molecule has 0 amide bonds. The van der Waals surface area contributed by atoms with Gasteiger partial charge in [0.15, 0.2) is 0 Å². The Balaban J connectivity index is -0.000000131. The first-order valence-corrected chi connectivity index (χ1v) is 13.0. The van der Waals surface area contributed by atoms with Gasteiger partial charge in [0.05, 0.1) is 0 Å². The normalized spacial score (nSPS) is 11.3. The Hall–Kier alpha value is 0.190. The van der Waals surface area contributed by atoms with Gasteiger partial charge in [-0.3, -0.25) is 0 Å². The molecule has 0 spiro atoms. The molecule has 0 radical (unpaired) electrons. The van der Waals surface area contributed by atoms with Crippen molar-refractivity contribution in [3.05, 3.63) is 0 Å². The van der Waals surface area contributed by atoms with Gasteiger partial charge in [0, 0.05) is 0 Å². The molecule has 0 saturated heterocycles. The topological polar surface area (TPSA) is 70.4 Å². The van der Waals surface area contributed by atoms with Gasteiger partial charge in [-0.15, -0.1) is 0 Å². The molecule has 0 aliphatic rings. The van der Waals surface area contributed by atoms with Crippen LogP contribution in [0.2, 0.25) is 0 Å². The summed E-state index contributed by atoms with van der Waals surface area (Å²) in [6.07, 6.45) is 0.0764. The summed E-state index contributed by atoms with van der Waals surface area (Å²) >= 11 is 0. The van der Waals surface area contributed by atoms with Gasteiger partial charge in [0.2, 0.25) is 0 Å². The van der Waals surface area contributed by atoms with E-state index in [-0.39, 0.29) is 6.16 Å². The molecule has 0 aromatic heterocycles. The summed E-state index contributed by atoms with van der Waals surface area (Å²) in [5.41, 5.74) is 0. The minimum absolute atomic E-state index is 0.0764. The summed E-state index contributed by atoms with van der Waals surface area (Å²) < 4.78 is 0. The van der Waals surface area contributed by atoms with E-state index in [0.29, 0.717) is 0 Å². The van der Waals surface area contributed by atoms with Crippen molar-refractivity contribution in [2.24, 2.45) is 0 Å². The fourth-order valence-electron chi connectivity index (χ4n) is 2.01. The molecule has 172 valence electrons. The molecule has 0 saturated carbocycles. The molecule has 0 aromatic rings. The van der Waals surface area contributed by atoms with Gasteiger partial charge >= 0.3 is 35.7 Å². The van der Waals surface area contributed by atoms with E-state index in [1.54, 1.807) is 0 Å². The maximum absolute atomic E-state index is 8.08. The number of rotatable bonds is 10. The van der Waals surface area contributed by atoms with Crippen LogP contribution < -0.4 is 0 Å². The zero-order chi connectivity index (χ0) is 22.3. The third kappa shape index (κ3) is 34.1. The average molecular weight is 416 g/mol. The van der Waals surface area contributed by atoms with Gasteiger partial charge in [0.1, 0.15) is 0 Å². The molecule has 0 aliphatic heterocycles. The zero-order valence-corrected chi connectivity index (χ0v) is 21.3. The number of nitrogens with zero attached hydrogens (tertiary/aromatic N) is 3. The molecule has 6 nitrogen and oxygen atoms in total. The first kappa shape index (κ1) is 34.7. The van der Waals surface area contributed by atoms with Gasteiger partial charge in [-0.2, -0.15) is 0 Å². The van der Waals surface area contributed by atoms with E-state index in [2.05, 4.69) is 77.0 Å². The fourth-order valence-corrected chi connectivity index (χ4v) is 2.01. The summed E-state index contributed by atoms with van der Waals surface area (Å²) in [7, 11) is -3.63. The SMILES string of the molecule is CCN(CC)CC.CCN(CC)CC.CCN(CC)CC.CC[PH](O)(O)O. The molecule has 0 atom stereocenters. The van der Waals surface area contributed by atoms with Crippen molar-refractivity contribution in [2.45, 2.75) is 69.2 Å². The molecule has 0 unspecified atom stereocenters. The molecule has 0 fully saturated rings. The van der Waals surface area contributed by atoms with Gasteiger partial charge in [-0.25, -0.2) is 0 Å². The quantitative estimate of drug-likeness (QED) is 0.474. The van der Waals surface area contributed by atoms with Crippen LogP contribution in [-0.2, 0) is 0 Å². The first-order chi connectivity index (χ1) is 12.6. The molecule has 0 aromatic carbocycles. The van der Waals surface area contributed by atoms with Gasteiger partial charge in [0.25, 0.3) is 0 Å². The summed E-state index contributed by atoms with van der Waals surface area (Å²) in [5.74, 6) is 0. The third-order valence-corrected chi connectivity index (χ3v) is 5.45. The van der Waals surface area contributed by atoms with Gasteiger partial charge < -0.3 is 14.7 Å². The zero-order valence-electron chi connectivity index (χ0n) is 20.3. The van der Waals surface area contributed by atoms with Crippen LogP contribution in [0.3, 0.4) is 0 Å². The second-order valence-electron chi connectivity index (χ2n) is 5.99. The molecular weight excluding hydrogens is 361 g/mol. The van der Waals surface area contributed by atoms with Crippen molar-refractivity contribution in [3.8, 4) is 0 Å². The Morgan fingerprint density at radius 2 is 0.519 bits per heavy atom. The van der Waals surface area contributed by atoms with Gasteiger partial charge in [-0.1, -0.05) is 62.3 Å². The van der Waals surface area contributed by atoms with E-state index in [9.17, 15) is 0 Å². The summed E-state index contributed by atoms with van der Waals surface area (Å²) in [4.78, 5) is 31.4. The van der Waals surface area contributed by atoms with E-state index in [1.165, 1.54) is 65.8 Å². The fraction of sp³-hybridized carbons (Fsp3) is 1.00. The van der Waals surface area contributed by atoms with Crippen molar-refractivity contribution in [1.29, 1.82) is 0 Å². The Bertz CT molecular complexity index is 198. The molecule has 7 heteroatoms. The summed E-state index contributed by atoms with van der Waals surface area (Å²) in [5, 5.41) is 0. The van der Waals surface area contributed by atoms with E-state index < -0.39 is 7.94 Å². The van der Waals surface area contributed by atoms with Crippen LogP contribution in [0.15, 0.2) is 0 Å². The van der Waals surface area contributed by atoms with E-state index in [1.807, 2.05) is 0 Å². The van der Waals surface area contributed by atoms with Crippen molar-refractivity contribution in [3.63, 3.8) is 0 Å². The van der Waals surface area contributed by atoms with Crippen molar-refractivity contribution in [2.75, 3.05) is 65.1 Å². The molecular formula is C20H54N3O3P. The molecule has 0 rings (SSSR count). The minimum atomic E-state index is -3.63. The second-order valence-corrected chi connectivity index (χ2v) is 8.24. The van der Waals surface area contributed by atoms with E-state index in [4.69, 9.17) is 14.7 Å². The van der Waals surface area contributed by atoms with Crippen LogP contribution in [-0.4, -0.2) is 94.4 Å². The molecule has 3 N–H and O–H groups in total. The molecule has 27 heavy (non-hydrogen) atoms. The van der Waals surface area contributed by atoms with Crippen molar-refractivity contribution >= 4 is 7.94 Å². The van der Waals surface area contributed by atoms with Crippen LogP contribution in [0.5, 0.6) is 0 Å². The monoisotopic (exact) mass is 415 g/mol. The van der Waals surface area contributed by atoms with E-state index in [0.717, 1.165) is 0 Å². The van der Waals surface area contributed by atoms with Crippen molar-refractivity contribution in [1.82, 2.24) is 14.7 Å². The first-order valence-electron chi connectivity index (χ1n) is 10.9. The Morgan fingerprint density at radius 1 is 0.407 bits per heavy atom. The van der Waals surface area contributed by atoms with Crippen LogP contribution in [0, 0.1) is 0 Å². The predicted molar refractivity (Wildman–Crippen MR) is 126 cm³/mol.